The van der Waals surface area contributed by atoms with Gasteiger partial charge in [-0.15, -0.1) is 0 Å². The van der Waals surface area contributed by atoms with Crippen LogP contribution < -0.4 is 9.46 Å². The van der Waals surface area contributed by atoms with Crippen molar-refractivity contribution in [3.8, 4) is 5.75 Å². The fourth-order valence-corrected chi connectivity index (χ4v) is 4.94. The van der Waals surface area contributed by atoms with Gasteiger partial charge in [-0.1, -0.05) is 0 Å². The summed E-state index contributed by atoms with van der Waals surface area (Å²) in [5, 5.41) is 0. The van der Waals surface area contributed by atoms with Gasteiger partial charge in [-0.05, 0) is 48.6 Å². The van der Waals surface area contributed by atoms with Gasteiger partial charge in [-0.25, -0.2) is 8.42 Å². The number of nitrogens with one attached hydrogen (secondary N) is 1. The van der Waals surface area contributed by atoms with E-state index in [1.807, 2.05) is 0 Å². The number of carbonyl (C=O) groups excluding carboxylic acids is 1. The van der Waals surface area contributed by atoms with Crippen LogP contribution in [0.15, 0.2) is 29.2 Å². The number of rotatable bonds is 5. The van der Waals surface area contributed by atoms with Gasteiger partial charge in [0.25, 0.3) is 0 Å². The van der Waals surface area contributed by atoms with E-state index >= 15 is 0 Å². The molecule has 0 spiro atoms. The molecule has 122 valence electrons. The molecule has 2 rings (SSSR count). The molecule has 1 aromatic rings. The van der Waals surface area contributed by atoms with Crippen molar-refractivity contribution in [2.24, 2.45) is 0 Å². The standard InChI is InChI=1S/C14H19NO5S2/c1-19-11-3-5-12(6-4-11)22(17,18)15-14(13(16)20-2)7-9-21-10-8-14/h3-6,15H,7-10H2,1-2H3. The number of thioether (sulfide) groups is 1. The highest BCUT2D eigenvalue weighted by Gasteiger charge is 2.44. The lowest BCUT2D eigenvalue weighted by atomic mass is 9.94. The number of sulfonamides is 1. The van der Waals surface area contributed by atoms with Crippen molar-refractivity contribution in [1.82, 2.24) is 4.72 Å². The second kappa shape index (κ2) is 6.89. The SMILES string of the molecule is COC(=O)C1(NS(=O)(=O)c2ccc(OC)cc2)CCSCC1. The van der Waals surface area contributed by atoms with Crippen molar-refractivity contribution >= 4 is 27.8 Å². The first-order chi connectivity index (χ1) is 10.4. The molecule has 1 aliphatic heterocycles. The maximum atomic E-state index is 12.6. The molecular weight excluding hydrogens is 326 g/mol. The molecular formula is C14H19NO5S2. The Bertz CT molecular complexity index is 621. The van der Waals surface area contributed by atoms with E-state index in [9.17, 15) is 13.2 Å². The smallest absolute Gasteiger partial charge is 0.327 e. The molecule has 22 heavy (non-hydrogen) atoms. The third-order valence-electron chi connectivity index (χ3n) is 3.62. The van der Waals surface area contributed by atoms with Crippen LogP contribution in [-0.4, -0.2) is 45.7 Å². The van der Waals surface area contributed by atoms with E-state index in [1.54, 1.807) is 23.9 Å². The van der Waals surface area contributed by atoms with Crippen molar-refractivity contribution in [3.05, 3.63) is 24.3 Å². The van der Waals surface area contributed by atoms with Gasteiger partial charge in [0.15, 0.2) is 0 Å². The van der Waals surface area contributed by atoms with Gasteiger partial charge in [0.1, 0.15) is 11.3 Å². The average molecular weight is 345 g/mol. The zero-order valence-electron chi connectivity index (χ0n) is 12.5. The topological polar surface area (TPSA) is 81.7 Å². The van der Waals surface area contributed by atoms with Crippen molar-refractivity contribution in [2.75, 3.05) is 25.7 Å². The Labute approximate surface area is 134 Å². The van der Waals surface area contributed by atoms with Crippen LogP contribution in [-0.2, 0) is 19.6 Å². The third kappa shape index (κ3) is 3.56. The minimum atomic E-state index is -3.81. The van der Waals surface area contributed by atoms with Gasteiger partial charge < -0.3 is 9.47 Å². The largest absolute Gasteiger partial charge is 0.497 e. The quantitative estimate of drug-likeness (QED) is 0.813. The molecule has 0 amide bonds. The van der Waals surface area contributed by atoms with Crippen molar-refractivity contribution < 1.29 is 22.7 Å². The predicted molar refractivity (Wildman–Crippen MR) is 84.6 cm³/mol. The van der Waals surface area contributed by atoms with Crippen LogP contribution in [0.5, 0.6) is 5.75 Å². The van der Waals surface area contributed by atoms with Gasteiger partial charge in [0, 0.05) is 0 Å². The summed E-state index contributed by atoms with van der Waals surface area (Å²) in [6, 6.07) is 6.03. The predicted octanol–water partition coefficient (Wildman–Crippen LogP) is 1.41. The van der Waals surface area contributed by atoms with Gasteiger partial charge in [0.05, 0.1) is 19.1 Å². The Balaban J connectivity index is 2.29. The van der Waals surface area contributed by atoms with E-state index in [4.69, 9.17) is 9.47 Å². The third-order valence-corrected chi connectivity index (χ3v) is 6.16. The summed E-state index contributed by atoms with van der Waals surface area (Å²) in [5.74, 6) is 1.45. The molecule has 1 saturated heterocycles. The lowest BCUT2D eigenvalue weighted by Gasteiger charge is -2.34. The molecule has 0 aliphatic carbocycles. The van der Waals surface area contributed by atoms with E-state index in [2.05, 4.69) is 4.72 Å². The van der Waals surface area contributed by atoms with Crippen molar-refractivity contribution in [2.45, 2.75) is 23.3 Å². The lowest BCUT2D eigenvalue weighted by molar-refractivity contribution is -0.148. The second-order valence-corrected chi connectivity index (χ2v) is 7.87. The number of ether oxygens (including phenoxy) is 2. The molecule has 1 aromatic carbocycles. The Kier molecular flexibility index (Phi) is 5.36. The summed E-state index contributed by atoms with van der Waals surface area (Å²) >= 11 is 1.69. The summed E-state index contributed by atoms with van der Waals surface area (Å²) in [6.45, 7) is 0. The number of benzene rings is 1. The van der Waals surface area contributed by atoms with Gasteiger partial charge in [0.2, 0.25) is 10.0 Å². The van der Waals surface area contributed by atoms with Crippen LogP contribution in [0.4, 0.5) is 0 Å². The molecule has 0 unspecified atom stereocenters. The van der Waals surface area contributed by atoms with Crippen LogP contribution >= 0.6 is 11.8 Å². The minimum absolute atomic E-state index is 0.0924. The van der Waals surface area contributed by atoms with Gasteiger partial charge >= 0.3 is 5.97 Å². The Hall–Kier alpha value is -1.25. The Morgan fingerprint density at radius 2 is 1.77 bits per heavy atom. The molecule has 0 atom stereocenters. The number of methoxy groups -OCH3 is 2. The van der Waals surface area contributed by atoms with Crippen LogP contribution in [0.25, 0.3) is 0 Å². The fourth-order valence-electron chi connectivity index (χ4n) is 2.33. The number of hydrogen-bond donors (Lipinski definition) is 1. The molecule has 0 aromatic heterocycles. The molecule has 0 radical (unpaired) electrons. The fraction of sp³-hybridized carbons (Fsp3) is 0.500. The van der Waals surface area contributed by atoms with E-state index in [0.29, 0.717) is 30.1 Å². The zero-order valence-corrected chi connectivity index (χ0v) is 14.1. The molecule has 1 aliphatic rings. The summed E-state index contributed by atoms with van der Waals surface area (Å²) in [5.41, 5.74) is -1.18. The second-order valence-electron chi connectivity index (χ2n) is 4.97. The molecule has 8 heteroatoms. The maximum Gasteiger partial charge on any atom is 0.327 e. The zero-order chi connectivity index (χ0) is 16.2. The Morgan fingerprint density at radius 3 is 2.27 bits per heavy atom. The monoisotopic (exact) mass is 345 g/mol. The first-order valence-corrected chi connectivity index (χ1v) is 9.41. The van der Waals surface area contributed by atoms with Crippen LogP contribution in [0.3, 0.4) is 0 Å². The van der Waals surface area contributed by atoms with Crippen LogP contribution in [0.1, 0.15) is 12.8 Å². The number of carbonyl (C=O) groups is 1. The van der Waals surface area contributed by atoms with Crippen LogP contribution in [0.2, 0.25) is 0 Å². The Morgan fingerprint density at radius 1 is 1.18 bits per heavy atom. The van der Waals surface area contributed by atoms with E-state index < -0.39 is 21.5 Å². The average Bonchev–Trinajstić information content (AvgIpc) is 2.54. The first kappa shape index (κ1) is 17.1. The van der Waals surface area contributed by atoms with Gasteiger partial charge in [-0.3, -0.25) is 4.79 Å². The highest BCUT2D eigenvalue weighted by atomic mass is 32.2. The maximum absolute atomic E-state index is 12.6. The summed E-state index contributed by atoms with van der Waals surface area (Å²) in [7, 11) is -1.04. The highest BCUT2D eigenvalue weighted by molar-refractivity contribution is 7.99. The number of esters is 1. The van der Waals surface area contributed by atoms with Crippen molar-refractivity contribution in [3.63, 3.8) is 0 Å². The molecule has 1 heterocycles. The first-order valence-electron chi connectivity index (χ1n) is 6.78. The minimum Gasteiger partial charge on any atom is -0.497 e. The van der Waals surface area contributed by atoms with E-state index in [1.165, 1.54) is 26.4 Å². The summed E-state index contributed by atoms with van der Waals surface area (Å²) in [6.07, 6.45) is 0.833. The molecule has 1 N–H and O–H groups in total. The summed E-state index contributed by atoms with van der Waals surface area (Å²) in [4.78, 5) is 12.2. The van der Waals surface area contributed by atoms with Gasteiger partial charge in [-0.2, -0.15) is 16.5 Å². The summed E-state index contributed by atoms with van der Waals surface area (Å²) < 4.78 is 37.5. The number of hydrogen-bond acceptors (Lipinski definition) is 6. The van der Waals surface area contributed by atoms with E-state index in [0.717, 1.165) is 0 Å². The van der Waals surface area contributed by atoms with E-state index in [-0.39, 0.29) is 4.90 Å². The van der Waals surface area contributed by atoms with Crippen molar-refractivity contribution in [1.29, 1.82) is 0 Å². The molecule has 1 fully saturated rings. The van der Waals surface area contributed by atoms with Crippen LogP contribution in [0, 0.1) is 0 Å². The lowest BCUT2D eigenvalue weighted by Crippen LogP contribution is -2.56. The normalized spacial score (nSPS) is 17.7. The highest BCUT2D eigenvalue weighted by Crippen LogP contribution is 2.30. The molecule has 0 bridgehead atoms. The molecule has 0 saturated carbocycles. The molecule has 6 nitrogen and oxygen atoms in total.